The van der Waals surface area contributed by atoms with Crippen LogP contribution in [0.5, 0.6) is 0 Å². The van der Waals surface area contributed by atoms with Crippen molar-refractivity contribution in [3.05, 3.63) is 0 Å². The van der Waals surface area contributed by atoms with Gasteiger partial charge < -0.3 is 10.6 Å². The topological polar surface area (TPSA) is 58.2 Å². The van der Waals surface area contributed by atoms with Crippen LogP contribution < -0.4 is 10.6 Å². The first-order valence-corrected chi connectivity index (χ1v) is 6.42. The molecule has 0 aromatic carbocycles. The van der Waals surface area contributed by atoms with E-state index in [4.69, 9.17) is 0 Å². The molecule has 1 rings (SSSR count). The van der Waals surface area contributed by atoms with Crippen molar-refractivity contribution in [1.29, 1.82) is 0 Å². The number of carbonyl (C=O) groups is 2. The van der Waals surface area contributed by atoms with Gasteiger partial charge in [0.1, 0.15) is 6.04 Å². The third kappa shape index (κ3) is 4.36. The van der Waals surface area contributed by atoms with Crippen LogP contribution in [0.1, 0.15) is 53.4 Å². The van der Waals surface area contributed by atoms with Crippen molar-refractivity contribution in [3.63, 3.8) is 0 Å². The van der Waals surface area contributed by atoms with Gasteiger partial charge in [-0.3, -0.25) is 9.59 Å². The molecule has 4 nitrogen and oxygen atoms in total. The lowest BCUT2D eigenvalue weighted by atomic mass is 9.95. The maximum Gasteiger partial charge on any atom is 0.242 e. The molecule has 0 aliphatic heterocycles. The van der Waals surface area contributed by atoms with Gasteiger partial charge in [-0.1, -0.05) is 33.6 Å². The summed E-state index contributed by atoms with van der Waals surface area (Å²) in [4.78, 5) is 23.6. The molecule has 0 unspecified atom stereocenters. The second kappa shape index (κ2) is 5.52. The maximum atomic E-state index is 11.8. The van der Waals surface area contributed by atoms with Gasteiger partial charge in [0.25, 0.3) is 0 Å². The number of carbonyl (C=O) groups excluding carboxylic acids is 2. The van der Waals surface area contributed by atoms with E-state index in [0.29, 0.717) is 6.04 Å². The third-order valence-electron chi connectivity index (χ3n) is 3.12. The van der Waals surface area contributed by atoms with E-state index in [0.717, 1.165) is 12.8 Å². The van der Waals surface area contributed by atoms with Gasteiger partial charge in [-0.25, -0.2) is 0 Å². The Morgan fingerprint density at radius 2 is 1.71 bits per heavy atom. The third-order valence-corrected chi connectivity index (χ3v) is 3.12. The molecule has 1 saturated carbocycles. The Morgan fingerprint density at radius 3 is 2.18 bits per heavy atom. The highest BCUT2D eigenvalue weighted by Gasteiger charge is 2.26. The lowest BCUT2D eigenvalue weighted by Gasteiger charge is -2.22. The molecule has 0 radical (unpaired) electrons. The van der Waals surface area contributed by atoms with Crippen LogP contribution >= 0.6 is 0 Å². The van der Waals surface area contributed by atoms with Crippen molar-refractivity contribution in [2.45, 2.75) is 65.5 Å². The molecule has 1 fully saturated rings. The van der Waals surface area contributed by atoms with Gasteiger partial charge in [-0.15, -0.1) is 0 Å². The van der Waals surface area contributed by atoms with Crippen molar-refractivity contribution >= 4 is 11.8 Å². The molecule has 1 aliphatic rings. The lowest BCUT2D eigenvalue weighted by molar-refractivity contribution is -0.133. The number of amides is 2. The molecule has 0 aromatic rings. The SMILES string of the molecule is C[C@@H](NC(=O)C(C)(C)C)C(=O)NC1CCCC1. The largest absolute Gasteiger partial charge is 0.352 e. The number of rotatable bonds is 3. The molecular weight excluding hydrogens is 216 g/mol. The van der Waals surface area contributed by atoms with Gasteiger partial charge in [0.2, 0.25) is 11.8 Å². The van der Waals surface area contributed by atoms with Crippen molar-refractivity contribution in [2.75, 3.05) is 0 Å². The predicted octanol–water partition coefficient (Wildman–Crippen LogP) is 1.60. The summed E-state index contributed by atoms with van der Waals surface area (Å²) in [6.07, 6.45) is 4.50. The summed E-state index contributed by atoms with van der Waals surface area (Å²) >= 11 is 0. The van der Waals surface area contributed by atoms with Gasteiger partial charge in [0, 0.05) is 11.5 Å². The molecule has 98 valence electrons. The average Bonchev–Trinajstić information content (AvgIpc) is 2.68. The van der Waals surface area contributed by atoms with E-state index in [1.807, 2.05) is 20.8 Å². The molecule has 0 saturated heterocycles. The molecule has 2 N–H and O–H groups in total. The summed E-state index contributed by atoms with van der Waals surface area (Å²) in [5.41, 5.74) is -0.456. The molecule has 0 bridgehead atoms. The summed E-state index contributed by atoms with van der Waals surface area (Å²) < 4.78 is 0. The summed E-state index contributed by atoms with van der Waals surface area (Å²) in [6.45, 7) is 7.24. The number of hydrogen-bond donors (Lipinski definition) is 2. The second-order valence-electron chi connectivity index (χ2n) is 5.94. The van der Waals surface area contributed by atoms with Gasteiger partial charge in [-0.05, 0) is 19.8 Å². The van der Waals surface area contributed by atoms with Crippen LogP contribution in [-0.4, -0.2) is 23.9 Å². The first-order chi connectivity index (χ1) is 7.80. The van der Waals surface area contributed by atoms with Crippen LogP contribution in [0.15, 0.2) is 0 Å². The highest BCUT2D eigenvalue weighted by molar-refractivity contribution is 5.89. The molecule has 1 aliphatic carbocycles. The normalized spacial score (nSPS) is 18.8. The van der Waals surface area contributed by atoms with E-state index in [1.54, 1.807) is 6.92 Å². The molecule has 4 heteroatoms. The standard InChI is InChI=1S/C13H24N2O2/c1-9(14-12(17)13(2,3)4)11(16)15-10-7-5-6-8-10/h9-10H,5-8H2,1-4H3,(H,14,17)(H,15,16)/t9-/m1/s1. The summed E-state index contributed by atoms with van der Waals surface area (Å²) in [7, 11) is 0. The fourth-order valence-electron chi connectivity index (χ4n) is 1.88. The quantitative estimate of drug-likeness (QED) is 0.787. The first kappa shape index (κ1) is 14.0. The van der Waals surface area contributed by atoms with Crippen molar-refractivity contribution in [1.82, 2.24) is 10.6 Å². The van der Waals surface area contributed by atoms with Crippen LogP contribution in [0.2, 0.25) is 0 Å². The maximum absolute atomic E-state index is 11.8. The molecule has 17 heavy (non-hydrogen) atoms. The van der Waals surface area contributed by atoms with Crippen LogP contribution in [0, 0.1) is 5.41 Å². The zero-order valence-corrected chi connectivity index (χ0v) is 11.3. The van der Waals surface area contributed by atoms with Gasteiger partial charge in [-0.2, -0.15) is 0 Å². The summed E-state index contributed by atoms with van der Waals surface area (Å²) in [6, 6.07) is -0.154. The van der Waals surface area contributed by atoms with E-state index in [9.17, 15) is 9.59 Å². The van der Waals surface area contributed by atoms with Crippen molar-refractivity contribution in [2.24, 2.45) is 5.41 Å². The minimum atomic E-state index is -0.456. The Bertz CT molecular complexity index is 288. The van der Waals surface area contributed by atoms with E-state index < -0.39 is 11.5 Å². The molecule has 0 spiro atoms. The molecule has 0 heterocycles. The fourth-order valence-corrected chi connectivity index (χ4v) is 1.88. The van der Waals surface area contributed by atoms with Crippen LogP contribution in [0.25, 0.3) is 0 Å². The zero-order valence-electron chi connectivity index (χ0n) is 11.3. The van der Waals surface area contributed by atoms with E-state index in [2.05, 4.69) is 10.6 Å². The van der Waals surface area contributed by atoms with E-state index in [1.165, 1.54) is 12.8 Å². The number of hydrogen-bond acceptors (Lipinski definition) is 2. The smallest absolute Gasteiger partial charge is 0.242 e. The van der Waals surface area contributed by atoms with E-state index in [-0.39, 0.29) is 11.8 Å². The molecule has 1 atom stereocenters. The lowest BCUT2D eigenvalue weighted by Crippen LogP contribution is -2.50. The Hall–Kier alpha value is -1.06. The van der Waals surface area contributed by atoms with Gasteiger partial charge >= 0.3 is 0 Å². The second-order valence-corrected chi connectivity index (χ2v) is 5.94. The molecule has 0 aromatic heterocycles. The highest BCUT2D eigenvalue weighted by Crippen LogP contribution is 2.17. The van der Waals surface area contributed by atoms with Crippen LogP contribution in [-0.2, 0) is 9.59 Å². The fraction of sp³-hybridized carbons (Fsp3) is 0.846. The highest BCUT2D eigenvalue weighted by atomic mass is 16.2. The minimum absolute atomic E-state index is 0.0745. The summed E-state index contributed by atoms with van der Waals surface area (Å²) in [5, 5.41) is 5.72. The molecule has 2 amide bonds. The molecular formula is C13H24N2O2. The van der Waals surface area contributed by atoms with E-state index >= 15 is 0 Å². The van der Waals surface area contributed by atoms with Crippen LogP contribution in [0.4, 0.5) is 0 Å². The minimum Gasteiger partial charge on any atom is -0.352 e. The Balaban J connectivity index is 2.38. The van der Waals surface area contributed by atoms with Gasteiger partial charge in [0.15, 0.2) is 0 Å². The van der Waals surface area contributed by atoms with Gasteiger partial charge in [0.05, 0.1) is 0 Å². The van der Waals surface area contributed by atoms with Crippen molar-refractivity contribution in [3.8, 4) is 0 Å². The Labute approximate surface area is 104 Å². The first-order valence-electron chi connectivity index (χ1n) is 6.42. The Morgan fingerprint density at radius 1 is 1.18 bits per heavy atom. The number of nitrogens with one attached hydrogen (secondary N) is 2. The van der Waals surface area contributed by atoms with Crippen LogP contribution in [0.3, 0.4) is 0 Å². The van der Waals surface area contributed by atoms with Crippen molar-refractivity contribution < 1.29 is 9.59 Å². The predicted molar refractivity (Wildman–Crippen MR) is 67.5 cm³/mol. The monoisotopic (exact) mass is 240 g/mol. The zero-order chi connectivity index (χ0) is 13.1. The Kier molecular flexibility index (Phi) is 4.54. The average molecular weight is 240 g/mol. The summed E-state index contributed by atoms with van der Waals surface area (Å²) in [5.74, 6) is -0.166.